The van der Waals surface area contributed by atoms with Crippen molar-refractivity contribution in [1.82, 2.24) is 5.32 Å². The van der Waals surface area contributed by atoms with Crippen molar-refractivity contribution in [2.75, 3.05) is 33.2 Å². The molecule has 0 spiro atoms. The molecule has 28 heavy (non-hydrogen) atoms. The molecule has 1 saturated carbocycles. The van der Waals surface area contributed by atoms with Gasteiger partial charge in [-0.3, -0.25) is 0 Å². The normalized spacial score (nSPS) is 15.3. The van der Waals surface area contributed by atoms with E-state index >= 15 is 0 Å². The van der Waals surface area contributed by atoms with E-state index in [1.54, 1.807) is 12.1 Å². The van der Waals surface area contributed by atoms with Crippen molar-refractivity contribution < 1.29 is 24.1 Å². The van der Waals surface area contributed by atoms with Crippen LogP contribution in [0.5, 0.6) is 17.2 Å². The molecule has 3 N–H and O–H groups in total. The summed E-state index contributed by atoms with van der Waals surface area (Å²) in [6.07, 6.45) is 1.89. The van der Waals surface area contributed by atoms with E-state index in [4.69, 9.17) is 14.2 Å². The summed E-state index contributed by atoms with van der Waals surface area (Å²) in [4.78, 5) is 12.4. The first-order chi connectivity index (χ1) is 13.5. The van der Waals surface area contributed by atoms with Crippen LogP contribution in [0.4, 0.5) is 10.5 Å². The maximum absolute atomic E-state index is 12.4. The highest BCUT2D eigenvalue weighted by molar-refractivity contribution is 5.90. The molecule has 2 aromatic carbocycles. The Balaban J connectivity index is 1.70. The predicted molar refractivity (Wildman–Crippen MR) is 106 cm³/mol. The lowest BCUT2D eigenvalue weighted by Gasteiger charge is -2.29. The number of anilines is 1. The number of carbonyl (C=O) groups is 1. The number of rotatable bonds is 8. The molecule has 0 radical (unpaired) electrons. The van der Waals surface area contributed by atoms with Crippen molar-refractivity contribution in [1.29, 1.82) is 0 Å². The van der Waals surface area contributed by atoms with E-state index in [-0.39, 0.29) is 12.5 Å². The highest BCUT2D eigenvalue weighted by atomic mass is 16.5. The Hall–Kier alpha value is -2.93. The van der Waals surface area contributed by atoms with Crippen molar-refractivity contribution in [3.63, 3.8) is 0 Å². The maximum Gasteiger partial charge on any atom is 0.319 e. The molecule has 1 aliphatic carbocycles. The molecule has 0 bridgehead atoms. The molecule has 2 aromatic rings. The van der Waals surface area contributed by atoms with Gasteiger partial charge in [-0.25, -0.2) is 4.79 Å². The Morgan fingerprint density at radius 2 is 1.68 bits per heavy atom. The van der Waals surface area contributed by atoms with Crippen LogP contribution >= 0.6 is 0 Å². The Labute approximate surface area is 164 Å². The summed E-state index contributed by atoms with van der Waals surface area (Å²) in [6.45, 7) is 0.123. The standard InChI is InChI=1S/C21H26N2O5/c1-26-17-11-16(12-18(27-2)19(17)28-3)23-20(24)22-13-21(25,15-9-10-15)14-7-5-4-6-8-14/h4-8,11-12,15,25H,9-10,13H2,1-3H3,(H2,22,23,24). The van der Waals surface area contributed by atoms with E-state index in [2.05, 4.69) is 10.6 Å². The molecule has 2 amide bonds. The highest BCUT2D eigenvalue weighted by Gasteiger charge is 2.45. The van der Waals surface area contributed by atoms with Gasteiger partial charge in [0, 0.05) is 12.1 Å². The summed E-state index contributed by atoms with van der Waals surface area (Å²) in [5, 5.41) is 16.7. The minimum absolute atomic E-state index is 0.123. The maximum atomic E-state index is 12.4. The third-order valence-corrected chi connectivity index (χ3v) is 4.97. The number of carbonyl (C=O) groups excluding carboxylic acids is 1. The van der Waals surface area contributed by atoms with Gasteiger partial charge in [-0.2, -0.15) is 0 Å². The first-order valence-corrected chi connectivity index (χ1v) is 9.14. The van der Waals surface area contributed by atoms with E-state index in [0.717, 1.165) is 18.4 Å². The molecule has 1 fully saturated rings. The van der Waals surface area contributed by atoms with Crippen LogP contribution in [-0.2, 0) is 5.60 Å². The average molecular weight is 386 g/mol. The number of urea groups is 1. The van der Waals surface area contributed by atoms with Gasteiger partial charge in [0.1, 0.15) is 5.60 Å². The Morgan fingerprint density at radius 3 is 2.18 bits per heavy atom. The second-order valence-corrected chi connectivity index (χ2v) is 6.79. The van der Waals surface area contributed by atoms with Gasteiger partial charge in [-0.1, -0.05) is 30.3 Å². The zero-order chi connectivity index (χ0) is 20.1. The molecule has 150 valence electrons. The molecule has 0 aromatic heterocycles. The Morgan fingerprint density at radius 1 is 1.07 bits per heavy atom. The molecule has 3 rings (SSSR count). The van der Waals surface area contributed by atoms with Gasteiger partial charge >= 0.3 is 6.03 Å². The van der Waals surface area contributed by atoms with E-state index in [1.165, 1.54) is 21.3 Å². The topological polar surface area (TPSA) is 89.1 Å². The number of hydrogen-bond donors (Lipinski definition) is 3. The van der Waals surface area contributed by atoms with E-state index < -0.39 is 11.6 Å². The van der Waals surface area contributed by atoms with Crippen LogP contribution < -0.4 is 24.8 Å². The van der Waals surface area contributed by atoms with Crippen molar-refractivity contribution in [2.24, 2.45) is 5.92 Å². The van der Waals surface area contributed by atoms with Crippen LogP contribution in [0, 0.1) is 5.92 Å². The summed E-state index contributed by atoms with van der Waals surface area (Å²) >= 11 is 0. The third-order valence-electron chi connectivity index (χ3n) is 4.97. The number of methoxy groups -OCH3 is 3. The van der Waals surface area contributed by atoms with Crippen LogP contribution in [-0.4, -0.2) is 39.0 Å². The van der Waals surface area contributed by atoms with Gasteiger partial charge in [0.05, 0.1) is 33.6 Å². The lowest BCUT2D eigenvalue weighted by molar-refractivity contribution is 0.0164. The first-order valence-electron chi connectivity index (χ1n) is 9.14. The quantitative estimate of drug-likeness (QED) is 0.649. The third kappa shape index (κ3) is 4.14. The largest absolute Gasteiger partial charge is 0.493 e. The second kappa shape index (κ2) is 8.39. The average Bonchev–Trinajstić information content (AvgIpc) is 3.57. The smallest absolute Gasteiger partial charge is 0.319 e. The number of benzene rings is 2. The van der Waals surface area contributed by atoms with Gasteiger partial charge in [0.2, 0.25) is 5.75 Å². The first kappa shape index (κ1) is 19.8. The van der Waals surface area contributed by atoms with Crippen LogP contribution in [0.2, 0.25) is 0 Å². The van der Waals surface area contributed by atoms with E-state index in [1.807, 2.05) is 30.3 Å². The monoisotopic (exact) mass is 386 g/mol. The van der Waals surface area contributed by atoms with Crippen LogP contribution in [0.25, 0.3) is 0 Å². The van der Waals surface area contributed by atoms with Crippen LogP contribution in [0.15, 0.2) is 42.5 Å². The second-order valence-electron chi connectivity index (χ2n) is 6.79. The molecule has 1 atom stereocenters. The van der Waals surface area contributed by atoms with Crippen molar-refractivity contribution >= 4 is 11.7 Å². The van der Waals surface area contributed by atoms with Gasteiger partial charge in [0.15, 0.2) is 11.5 Å². The zero-order valence-corrected chi connectivity index (χ0v) is 16.3. The highest BCUT2D eigenvalue weighted by Crippen LogP contribution is 2.45. The molecule has 7 heteroatoms. The molecule has 0 saturated heterocycles. The summed E-state index contributed by atoms with van der Waals surface area (Å²) in [6, 6.07) is 12.3. The molecule has 7 nitrogen and oxygen atoms in total. The van der Waals surface area contributed by atoms with Gasteiger partial charge < -0.3 is 30.0 Å². The summed E-state index contributed by atoms with van der Waals surface area (Å²) in [5.41, 5.74) is 0.223. The molecule has 1 unspecified atom stereocenters. The molecular formula is C21H26N2O5. The molecular weight excluding hydrogens is 360 g/mol. The van der Waals surface area contributed by atoms with E-state index in [9.17, 15) is 9.90 Å². The number of amides is 2. The number of aliphatic hydroxyl groups is 1. The van der Waals surface area contributed by atoms with Crippen LogP contribution in [0.1, 0.15) is 18.4 Å². The molecule has 1 aliphatic rings. The van der Waals surface area contributed by atoms with E-state index in [0.29, 0.717) is 22.9 Å². The van der Waals surface area contributed by atoms with Crippen LogP contribution in [0.3, 0.4) is 0 Å². The summed E-state index contributed by atoms with van der Waals surface area (Å²) < 4.78 is 15.9. The van der Waals surface area contributed by atoms with Gasteiger partial charge in [0.25, 0.3) is 0 Å². The van der Waals surface area contributed by atoms with Crippen molar-refractivity contribution in [2.45, 2.75) is 18.4 Å². The lowest BCUT2D eigenvalue weighted by atomic mass is 9.89. The fourth-order valence-electron chi connectivity index (χ4n) is 3.31. The molecule has 0 heterocycles. The van der Waals surface area contributed by atoms with Crippen molar-refractivity contribution in [3.8, 4) is 17.2 Å². The fourth-order valence-corrected chi connectivity index (χ4v) is 3.31. The predicted octanol–water partition coefficient (Wildman–Crippen LogP) is 3.13. The van der Waals surface area contributed by atoms with Gasteiger partial charge in [-0.05, 0) is 24.3 Å². The summed E-state index contributed by atoms with van der Waals surface area (Å²) in [7, 11) is 4.54. The van der Waals surface area contributed by atoms with Crippen molar-refractivity contribution in [3.05, 3.63) is 48.0 Å². The zero-order valence-electron chi connectivity index (χ0n) is 16.3. The SMILES string of the molecule is COc1cc(NC(=O)NCC(O)(c2ccccc2)C2CC2)cc(OC)c1OC. The number of ether oxygens (including phenoxy) is 3. The number of nitrogens with one attached hydrogen (secondary N) is 2. The minimum atomic E-state index is -1.08. The fraction of sp³-hybridized carbons (Fsp3) is 0.381. The Bertz CT molecular complexity index is 798. The minimum Gasteiger partial charge on any atom is -0.493 e. The number of hydrogen-bond acceptors (Lipinski definition) is 5. The Kier molecular flexibility index (Phi) is 5.94. The summed E-state index contributed by atoms with van der Waals surface area (Å²) in [5.74, 6) is 1.48. The molecule has 0 aliphatic heterocycles. The lowest BCUT2D eigenvalue weighted by Crippen LogP contribution is -2.43. The van der Waals surface area contributed by atoms with Gasteiger partial charge in [-0.15, -0.1) is 0 Å².